The second kappa shape index (κ2) is 48.0. The molecule has 0 aromatic heterocycles. The Morgan fingerprint density at radius 1 is 0.206 bits per heavy atom. The van der Waals surface area contributed by atoms with Crippen molar-refractivity contribution in [1.82, 2.24) is 0 Å². The lowest BCUT2D eigenvalue weighted by Gasteiger charge is -2.28. The Bertz CT molecular complexity index is 6770. The van der Waals surface area contributed by atoms with Gasteiger partial charge in [-0.1, -0.05) is 535 Å². The summed E-state index contributed by atoms with van der Waals surface area (Å²) in [6.45, 7) is 34.2. The topological polar surface area (TPSA) is 40.5 Å². The van der Waals surface area contributed by atoms with Crippen molar-refractivity contribution in [1.29, 1.82) is 0 Å². The van der Waals surface area contributed by atoms with E-state index in [1.54, 1.807) is 12.1 Å². The average molecular weight is 1780 g/mol. The molecular formula is C134H136O2. The van der Waals surface area contributed by atoms with Gasteiger partial charge in [-0.25, -0.2) is 0 Å². The van der Waals surface area contributed by atoms with Crippen LogP contribution in [-0.2, 0) is 49.4 Å². The van der Waals surface area contributed by atoms with E-state index in [1.165, 1.54) is 174 Å². The minimum atomic E-state index is -0.0186. The van der Waals surface area contributed by atoms with Crippen molar-refractivity contribution in [3.8, 4) is 11.5 Å². The Balaban J connectivity index is 0.000000131. The summed E-state index contributed by atoms with van der Waals surface area (Å²) in [5.41, 5.74) is 18.6. The standard InChI is InChI=1S/2C19H16.4C17H14.C16H26O.C8H10O.2C2H6/c2*1-12(2)16-10-8-15-7-6-13-4-3-5-14-9-11-17(16)19(15)18(13)14;4*1-2-7-14(8-3-1)13-16-11-6-10-15-9-4-5-12-17(15)16;1-8-11-9-12(15(2,3)4)14(17)13(10-11)16(5,6)7;1-2-7-3-5-8(9)6-4-7;2*1-2/h2*3-12H,1-2H3;4*1-12H,13H2;9-10,17H,8H2,1-7H3;3-6,9H,2H2,1H3;2*1-2H3. The third-order valence-corrected chi connectivity index (χ3v) is 25.4. The zero-order chi connectivity index (χ0) is 96.1. The van der Waals surface area contributed by atoms with Crippen LogP contribution in [0.15, 0.2) is 437 Å². The van der Waals surface area contributed by atoms with Crippen LogP contribution in [0.3, 0.4) is 0 Å². The van der Waals surface area contributed by atoms with Gasteiger partial charge in [0.05, 0.1) is 0 Å². The number of phenols is 2. The minimum Gasteiger partial charge on any atom is -0.508 e. The molecule has 136 heavy (non-hydrogen) atoms. The summed E-state index contributed by atoms with van der Waals surface area (Å²) in [7, 11) is 0. The van der Waals surface area contributed by atoms with E-state index in [0.29, 0.717) is 23.3 Å². The summed E-state index contributed by atoms with van der Waals surface area (Å²) in [6.07, 6.45) is 6.04. The normalized spacial score (nSPS) is 11.0. The molecule has 0 saturated heterocycles. The predicted molar refractivity (Wildman–Crippen MR) is 596 cm³/mol. The highest BCUT2D eigenvalue weighted by Gasteiger charge is 2.27. The SMILES string of the molecule is CC.CC.CC(C)c1ccc2ccc3cccc4ccc1c2c34.CC(C)c1ccc2ccc3cccc4ccc1c2c34.CCc1cc(C(C)(C)C)c(O)c(C(C)(C)C)c1.CCc1ccc(O)cc1.c1ccc(Cc2cccc3ccccc23)cc1.c1ccc(Cc2cccc3ccccc23)cc1.c1ccc(Cc2cccc3ccccc23)cc1.c1ccc(Cc2cccc3ccccc23)cc1. The Labute approximate surface area is 810 Å². The zero-order valence-electron chi connectivity index (χ0n) is 82.9. The quantitative estimate of drug-likeness (QED) is 0.120. The first kappa shape index (κ1) is 99.0. The van der Waals surface area contributed by atoms with Crippen LogP contribution < -0.4 is 0 Å². The lowest BCUT2D eigenvalue weighted by Crippen LogP contribution is -2.17. The molecule has 0 unspecified atom stereocenters. The van der Waals surface area contributed by atoms with E-state index in [0.717, 1.165) is 49.7 Å². The van der Waals surface area contributed by atoms with E-state index < -0.39 is 0 Å². The molecule has 0 aliphatic rings. The van der Waals surface area contributed by atoms with Gasteiger partial charge in [0.25, 0.3) is 0 Å². The number of hydrogen-bond donors (Lipinski definition) is 2. The summed E-state index contributed by atoms with van der Waals surface area (Å²) in [5.74, 6) is 1.93. The number of aryl methyl sites for hydroxylation is 2. The van der Waals surface area contributed by atoms with Crippen LogP contribution in [0.1, 0.15) is 201 Å². The second-order valence-corrected chi connectivity index (χ2v) is 37.4. The average Bonchev–Trinajstić information content (AvgIpc) is 0.739. The van der Waals surface area contributed by atoms with E-state index in [9.17, 15) is 5.11 Å². The van der Waals surface area contributed by atoms with Crippen LogP contribution in [0.25, 0.3) is 108 Å². The highest BCUT2D eigenvalue weighted by Crippen LogP contribution is 2.43. The molecule has 684 valence electrons. The third-order valence-electron chi connectivity index (χ3n) is 25.4. The summed E-state index contributed by atoms with van der Waals surface area (Å²) in [4.78, 5) is 0. The second-order valence-electron chi connectivity index (χ2n) is 37.4. The van der Waals surface area contributed by atoms with Crippen LogP contribution >= 0.6 is 0 Å². The fraction of sp³-hybridized carbons (Fsp3) is 0.194. The molecule has 22 aromatic rings. The first-order valence-corrected chi connectivity index (χ1v) is 49.1. The number of aromatic hydroxyl groups is 2. The maximum atomic E-state index is 10.5. The molecule has 0 heterocycles. The summed E-state index contributed by atoms with van der Waals surface area (Å²) >= 11 is 0. The summed E-state index contributed by atoms with van der Waals surface area (Å²) in [5, 5.41) is 46.7. The molecule has 0 amide bonds. The predicted octanol–water partition coefficient (Wildman–Crippen LogP) is 37.7. The van der Waals surface area contributed by atoms with Crippen molar-refractivity contribution < 1.29 is 10.2 Å². The van der Waals surface area contributed by atoms with Crippen molar-refractivity contribution in [3.05, 3.63) is 515 Å². The molecule has 0 bridgehead atoms. The fourth-order valence-electron chi connectivity index (χ4n) is 18.3. The number of benzene rings is 22. The van der Waals surface area contributed by atoms with Gasteiger partial charge < -0.3 is 10.2 Å². The van der Waals surface area contributed by atoms with Crippen molar-refractivity contribution in [2.75, 3.05) is 0 Å². The van der Waals surface area contributed by atoms with Gasteiger partial charge >= 0.3 is 0 Å². The Kier molecular flexibility index (Phi) is 34.9. The minimum absolute atomic E-state index is 0.0186. The summed E-state index contributed by atoms with van der Waals surface area (Å²) < 4.78 is 0. The third kappa shape index (κ3) is 25.3. The van der Waals surface area contributed by atoms with Crippen LogP contribution in [-0.4, -0.2) is 10.2 Å². The van der Waals surface area contributed by atoms with Gasteiger partial charge in [-0.15, -0.1) is 0 Å². The highest BCUT2D eigenvalue weighted by molar-refractivity contribution is 6.25. The lowest BCUT2D eigenvalue weighted by molar-refractivity contribution is 0.422. The van der Waals surface area contributed by atoms with Gasteiger partial charge in [-0.3, -0.25) is 0 Å². The van der Waals surface area contributed by atoms with E-state index >= 15 is 0 Å². The fourth-order valence-corrected chi connectivity index (χ4v) is 18.3. The maximum absolute atomic E-state index is 10.5. The van der Waals surface area contributed by atoms with Crippen molar-refractivity contribution >= 4 is 108 Å². The van der Waals surface area contributed by atoms with Gasteiger partial charge in [0.2, 0.25) is 0 Å². The molecule has 22 aromatic carbocycles. The molecule has 2 nitrogen and oxygen atoms in total. The molecule has 0 aliphatic carbocycles. The largest absolute Gasteiger partial charge is 0.508 e. The summed E-state index contributed by atoms with van der Waals surface area (Å²) in [6, 6.07) is 155. The molecule has 2 N–H and O–H groups in total. The number of hydrogen-bond acceptors (Lipinski definition) is 2. The van der Waals surface area contributed by atoms with Crippen LogP contribution in [0.5, 0.6) is 11.5 Å². The monoisotopic (exact) mass is 1780 g/mol. The van der Waals surface area contributed by atoms with Gasteiger partial charge in [-0.2, -0.15) is 0 Å². The van der Waals surface area contributed by atoms with E-state index in [-0.39, 0.29) is 10.8 Å². The first-order chi connectivity index (χ1) is 66.1. The molecule has 0 atom stereocenters. The maximum Gasteiger partial charge on any atom is 0.123 e. The number of phenolic OH excluding ortho intramolecular Hbond substituents is 2. The van der Waals surface area contributed by atoms with Crippen molar-refractivity contribution in [2.24, 2.45) is 0 Å². The zero-order valence-corrected chi connectivity index (χ0v) is 82.9. The molecule has 0 saturated carbocycles. The van der Waals surface area contributed by atoms with Gasteiger partial charge in [0.15, 0.2) is 0 Å². The number of fused-ring (bicyclic) bond motifs is 4. The van der Waals surface area contributed by atoms with E-state index in [4.69, 9.17) is 5.11 Å². The molecule has 22 rings (SSSR count). The van der Waals surface area contributed by atoms with Crippen LogP contribution in [0, 0.1) is 0 Å². The molecule has 0 fully saturated rings. The lowest BCUT2D eigenvalue weighted by atomic mass is 9.78. The van der Waals surface area contributed by atoms with Crippen molar-refractivity contribution in [2.45, 2.75) is 172 Å². The van der Waals surface area contributed by atoms with Crippen molar-refractivity contribution in [3.63, 3.8) is 0 Å². The molecular weight excluding hydrogens is 1640 g/mol. The van der Waals surface area contributed by atoms with E-state index in [2.05, 4.69) is 496 Å². The Morgan fingerprint density at radius 3 is 0.699 bits per heavy atom. The van der Waals surface area contributed by atoms with Crippen LogP contribution in [0.2, 0.25) is 0 Å². The Morgan fingerprint density at radius 2 is 0.434 bits per heavy atom. The van der Waals surface area contributed by atoms with Crippen LogP contribution in [0.4, 0.5) is 0 Å². The van der Waals surface area contributed by atoms with Gasteiger partial charge in [0.1, 0.15) is 11.5 Å². The number of rotatable bonds is 12. The Hall–Kier alpha value is -14.4. The first-order valence-electron chi connectivity index (χ1n) is 49.1. The van der Waals surface area contributed by atoms with E-state index in [1.807, 2.05) is 39.8 Å². The highest BCUT2D eigenvalue weighted by atomic mass is 16.3. The van der Waals surface area contributed by atoms with Gasteiger partial charge in [-0.05, 0) is 259 Å². The van der Waals surface area contributed by atoms with Gasteiger partial charge in [0, 0.05) is 0 Å². The molecule has 0 spiro atoms. The molecule has 2 heteroatoms. The smallest absolute Gasteiger partial charge is 0.123 e. The molecule has 0 radical (unpaired) electrons. The molecule has 0 aliphatic heterocycles.